The monoisotopic (exact) mass is 199 g/mol. The zero-order chi connectivity index (χ0) is 10.1. The first-order chi connectivity index (χ1) is 7.43. The molecule has 0 saturated heterocycles. The highest BCUT2D eigenvalue weighted by Gasteiger charge is 2.09. The first kappa shape index (κ1) is 8.53. The van der Waals surface area contributed by atoms with Gasteiger partial charge in [-0.2, -0.15) is 5.10 Å². The van der Waals surface area contributed by atoms with Gasteiger partial charge in [0, 0.05) is 24.6 Å². The van der Waals surface area contributed by atoms with Crippen LogP contribution in [0.1, 0.15) is 12.0 Å². The number of aromatic nitrogens is 2. The molecule has 1 N–H and O–H groups in total. The van der Waals surface area contributed by atoms with Crippen molar-refractivity contribution >= 4 is 5.69 Å². The molecule has 0 spiro atoms. The topological polar surface area (TPSA) is 29.9 Å². The molecule has 1 aromatic carbocycles. The summed E-state index contributed by atoms with van der Waals surface area (Å²) in [7, 11) is 0. The quantitative estimate of drug-likeness (QED) is 0.763. The van der Waals surface area contributed by atoms with Gasteiger partial charge >= 0.3 is 0 Å². The highest BCUT2D eigenvalue weighted by molar-refractivity contribution is 5.57. The van der Waals surface area contributed by atoms with E-state index in [9.17, 15) is 0 Å². The molecular formula is C12H13N3. The van der Waals surface area contributed by atoms with Gasteiger partial charge in [0.15, 0.2) is 0 Å². The van der Waals surface area contributed by atoms with Gasteiger partial charge in [0.2, 0.25) is 0 Å². The maximum Gasteiger partial charge on any atom is 0.0649 e. The van der Waals surface area contributed by atoms with E-state index in [0.717, 1.165) is 18.7 Å². The Labute approximate surface area is 88.7 Å². The van der Waals surface area contributed by atoms with Gasteiger partial charge in [0.1, 0.15) is 0 Å². The van der Waals surface area contributed by atoms with Crippen molar-refractivity contribution in [1.82, 2.24) is 9.78 Å². The second kappa shape index (κ2) is 3.42. The first-order valence-electron chi connectivity index (χ1n) is 5.30. The summed E-state index contributed by atoms with van der Waals surface area (Å²) in [6.07, 6.45) is 6.16. The van der Waals surface area contributed by atoms with Crippen LogP contribution in [-0.4, -0.2) is 16.3 Å². The normalized spacial score (nSPS) is 14.4. The van der Waals surface area contributed by atoms with Crippen LogP contribution in [0.5, 0.6) is 0 Å². The molecule has 76 valence electrons. The molecule has 0 amide bonds. The lowest BCUT2D eigenvalue weighted by atomic mass is 10.0. The molecule has 0 saturated carbocycles. The number of hydrogen-bond donors (Lipinski definition) is 1. The van der Waals surface area contributed by atoms with E-state index in [1.165, 1.54) is 17.7 Å². The van der Waals surface area contributed by atoms with Gasteiger partial charge < -0.3 is 5.32 Å². The molecule has 3 nitrogen and oxygen atoms in total. The van der Waals surface area contributed by atoms with Crippen molar-refractivity contribution in [2.45, 2.75) is 12.8 Å². The summed E-state index contributed by atoms with van der Waals surface area (Å²) in [6, 6.07) is 8.40. The second-order valence-electron chi connectivity index (χ2n) is 3.82. The van der Waals surface area contributed by atoms with Crippen LogP contribution in [0.15, 0.2) is 36.7 Å². The van der Waals surface area contributed by atoms with Gasteiger partial charge in [0.25, 0.3) is 0 Å². The van der Waals surface area contributed by atoms with Crippen molar-refractivity contribution in [3.05, 3.63) is 42.2 Å². The molecule has 0 unspecified atom stereocenters. The third-order valence-electron chi connectivity index (χ3n) is 2.80. The Morgan fingerprint density at radius 1 is 1.33 bits per heavy atom. The zero-order valence-corrected chi connectivity index (χ0v) is 8.48. The molecular weight excluding hydrogens is 186 g/mol. The van der Waals surface area contributed by atoms with Gasteiger partial charge in [-0.1, -0.05) is 0 Å². The average molecular weight is 199 g/mol. The maximum atomic E-state index is 4.23. The highest BCUT2D eigenvalue weighted by Crippen LogP contribution is 2.24. The summed E-state index contributed by atoms with van der Waals surface area (Å²) in [4.78, 5) is 0. The predicted octanol–water partition coefficient (Wildman–Crippen LogP) is 2.23. The predicted molar refractivity (Wildman–Crippen MR) is 60.4 cm³/mol. The summed E-state index contributed by atoms with van der Waals surface area (Å²) in [5, 5.41) is 7.64. The molecule has 0 fully saturated rings. The molecule has 2 heterocycles. The van der Waals surface area contributed by atoms with Gasteiger partial charge in [-0.25, -0.2) is 4.68 Å². The van der Waals surface area contributed by atoms with Gasteiger partial charge in [-0.3, -0.25) is 0 Å². The summed E-state index contributed by atoms with van der Waals surface area (Å²) < 4.78 is 1.90. The Bertz CT molecular complexity index is 460. The van der Waals surface area contributed by atoms with Gasteiger partial charge in [-0.15, -0.1) is 0 Å². The van der Waals surface area contributed by atoms with E-state index in [4.69, 9.17) is 0 Å². The second-order valence-corrected chi connectivity index (χ2v) is 3.82. The standard InChI is InChI=1S/C12H13N3/c1-3-10-9-11(15-8-2-7-14-15)4-5-12(10)13-6-1/h2,4-5,7-9,13H,1,3,6H2. The molecule has 15 heavy (non-hydrogen) atoms. The minimum atomic E-state index is 1.09. The van der Waals surface area contributed by atoms with Crippen molar-refractivity contribution in [1.29, 1.82) is 0 Å². The third-order valence-corrected chi connectivity index (χ3v) is 2.80. The Morgan fingerprint density at radius 2 is 2.33 bits per heavy atom. The summed E-state index contributed by atoms with van der Waals surface area (Å²) in [6.45, 7) is 1.09. The lowest BCUT2D eigenvalue weighted by Crippen LogP contribution is -2.12. The van der Waals surface area contributed by atoms with Crippen LogP contribution in [0, 0.1) is 0 Å². The van der Waals surface area contributed by atoms with Crippen molar-refractivity contribution < 1.29 is 0 Å². The van der Waals surface area contributed by atoms with Crippen LogP contribution in [0.4, 0.5) is 5.69 Å². The largest absolute Gasteiger partial charge is 0.385 e. The summed E-state index contributed by atoms with van der Waals surface area (Å²) >= 11 is 0. The zero-order valence-electron chi connectivity index (χ0n) is 8.48. The average Bonchev–Trinajstić information content (AvgIpc) is 2.82. The van der Waals surface area contributed by atoms with E-state index in [0.29, 0.717) is 0 Å². The van der Waals surface area contributed by atoms with Crippen molar-refractivity contribution in [2.24, 2.45) is 0 Å². The number of anilines is 1. The lowest BCUT2D eigenvalue weighted by Gasteiger charge is -2.18. The SMILES string of the molecule is c1cnn(-c2ccc3c(c2)CCCN3)c1. The van der Waals surface area contributed by atoms with Crippen LogP contribution in [0.3, 0.4) is 0 Å². The number of nitrogens with zero attached hydrogens (tertiary/aromatic N) is 2. The Hall–Kier alpha value is -1.77. The molecule has 0 atom stereocenters. The van der Waals surface area contributed by atoms with Crippen molar-refractivity contribution in [3.8, 4) is 5.69 Å². The fraction of sp³-hybridized carbons (Fsp3) is 0.250. The number of aryl methyl sites for hydroxylation is 1. The fourth-order valence-corrected chi connectivity index (χ4v) is 2.03. The number of benzene rings is 1. The van der Waals surface area contributed by atoms with Crippen molar-refractivity contribution in [3.63, 3.8) is 0 Å². The smallest absolute Gasteiger partial charge is 0.0649 e. The van der Waals surface area contributed by atoms with E-state index in [1.807, 2.05) is 16.9 Å². The minimum Gasteiger partial charge on any atom is -0.385 e. The maximum absolute atomic E-state index is 4.23. The summed E-state index contributed by atoms with van der Waals surface area (Å²) in [5.41, 5.74) is 3.81. The van der Waals surface area contributed by atoms with E-state index in [-0.39, 0.29) is 0 Å². The minimum absolute atomic E-state index is 1.09. The van der Waals surface area contributed by atoms with Crippen molar-refractivity contribution in [2.75, 3.05) is 11.9 Å². The molecule has 1 aliphatic heterocycles. The molecule has 0 radical (unpaired) electrons. The molecule has 1 aromatic heterocycles. The Kier molecular flexibility index (Phi) is 1.95. The van der Waals surface area contributed by atoms with Crippen LogP contribution >= 0.6 is 0 Å². The van der Waals surface area contributed by atoms with Crippen LogP contribution in [0.25, 0.3) is 5.69 Å². The number of rotatable bonds is 1. The molecule has 0 bridgehead atoms. The number of nitrogens with one attached hydrogen (secondary N) is 1. The number of fused-ring (bicyclic) bond motifs is 1. The molecule has 3 heteroatoms. The Morgan fingerprint density at radius 3 is 3.20 bits per heavy atom. The molecule has 0 aliphatic carbocycles. The van der Waals surface area contributed by atoms with E-state index < -0.39 is 0 Å². The third kappa shape index (κ3) is 1.50. The van der Waals surface area contributed by atoms with E-state index in [1.54, 1.807) is 6.20 Å². The van der Waals surface area contributed by atoms with Crippen LogP contribution < -0.4 is 5.32 Å². The van der Waals surface area contributed by atoms with Gasteiger partial charge in [0.05, 0.1) is 5.69 Å². The lowest BCUT2D eigenvalue weighted by molar-refractivity contribution is 0.821. The number of hydrogen-bond acceptors (Lipinski definition) is 2. The molecule has 2 aromatic rings. The van der Waals surface area contributed by atoms with Crippen LogP contribution in [0.2, 0.25) is 0 Å². The first-order valence-corrected chi connectivity index (χ1v) is 5.30. The molecule has 3 rings (SSSR count). The fourth-order valence-electron chi connectivity index (χ4n) is 2.03. The Balaban J connectivity index is 2.04. The molecule has 1 aliphatic rings. The highest BCUT2D eigenvalue weighted by atomic mass is 15.3. The van der Waals surface area contributed by atoms with E-state index >= 15 is 0 Å². The van der Waals surface area contributed by atoms with E-state index in [2.05, 4.69) is 28.6 Å². The van der Waals surface area contributed by atoms with Gasteiger partial charge in [-0.05, 0) is 42.7 Å². The summed E-state index contributed by atoms with van der Waals surface area (Å²) in [5.74, 6) is 0. The van der Waals surface area contributed by atoms with Crippen LogP contribution in [-0.2, 0) is 6.42 Å².